The first kappa shape index (κ1) is 21.6. The van der Waals surface area contributed by atoms with Crippen molar-refractivity contribution in [1.29, 1.82) is 0 Å². The summed E-state index contributed by atoms with van der Waals surface area (Å²) in [6, 6.07) is 18.0. The van der Waals surface area contributed by atoms with Gasteiger partial charge in [-0.2, -0.15) is 0 Å². The molecular formula is C24H21F2N5S. The van der Waals surface area contributed by atoms with Gasteiger partial charge in [0.25, 0.3) is 0 Å². The number of aromatic nitrogens is 2. The van der Waals surface area contributed by atoms with Crippen LogP contribution < -0.4 is 16.0 Å². The zero-order chi connectivity index (χ0) is 22.5. The number of benzene rings is 3. The maximum atomic E-state index is 13.5. The van der Waals surface area contributed by atoms with Crippen molar-refractivity contribution < 1.29 is 8.78 Å². The van der Waals surface area contributed by atoms with Crippen LogP contribution in [0.25, 0.3) is 11.0 Å². The van der Waals surface area contributed by atoms with E-state index >= 15 is 0 Å². The van der Waals surface area contributed by atoms with Crippen LogP contribution in [-0.4, -0.2) is 15.1 Å². The number of hydrogen-bond donors (Lipinski definition) is 3. The fourth-order valence-electron chi connectivity index (χ4n) is 3.16. The minimum atomic E-state index is -0.950. The van der Waals surface area contributed by atoms with Gasteiger partial charge in [0.05, 0.1) is 17.2 Å². The highest BCUT2D eigenvalue weighted by Gasteiger charge is 2.07. The summed E-state index contributed by atoms with van der Waals surface area (Å²) in [6.45, 7) is 2.59. The monoisotopic (exact) mass is 449 g/mol. The molecular weight excluding hydrogens is 428 g/mol. The maximum Gasteiger partial charge on any atom is 0.175 e. The van der Waals surface area contributed by atoms with E-state index in [-0.39, 0.29) is 5.52 Å². The van der Waals surface area contributed by atoms with E-state index in [0.717, 1.165) is 35.5 Å². The lowest BCUT2D eigenvalue weighted by molar-refractivity contribution is 0.510. The minimum absolute atomic E-state index is 0.285. The summed E-state index contributed by atoms with van der Waals surface area (Å²) in [5.74, 6) is -1.43. The van der Waals surface area contributed by atoms with Crippen molar-refractivity contribution in [3.8, 4) is 0 Å². The number of hydrogen-bond acceptors (Lipinski definition) is 4. The Bertz CT molecular complexity index is 1260. The molecule has 3 N–H and O–H groups in total. The van der Waals surface area contributed by atoms with E-state index in [4.69, 9.17) is 12.2 Å². The molecule has 5 nitrogen and oxygen atoms in total. The van der Waals surface area contributed by atoms with E-state index in [1.807, 2.05) is 36.4 Å². The Morgan fingerprint density at radius 3 is 2.34 bits per heavy atom. The summed E-state index contributed by atoms with van der Waals surface area (Å²) >= 11 is 5.41. The molecule has 3 aromatic carbocycles. The molecule has 1 heterocycles. The molecule has 8 heteroatoms. The molecule has 1 aromatic heterocycles. The Morgan fingerprint density at radius 1 is 0.875 bits per heavy atom. The summed E-state index contributed by atoms with van der Waals surface area (Å²) in [4.78, 5) is 8.43. The van der Waals surface area contributed by atoms with Gasteiger partial charge in [-0.15, -0.1) is 0 Å². The van der Waals surface area contributed by atoms with Crippen LogP contribution in [0.1, 0.15) is 18.1 Å². The molecule has 0 aliphatic rings. The number of fused-ring (bicyclic) bond motifs is 1. The topological polar surface area (TPSA) is 61.9 Å². The lowest BCUT2D eigenvalue weighted by Crippen LogP contribution is -2.19. The van der Waals surface area contributed by atoms with E-state index in [2.05, 4.69) is 45.0 Å². The number of rotatable bonds is 6. The minimum Gasteiger partial charge on any atom is -0.365 e. The van der Waals surface area contributed by atoms with E-state index in [0.29, 0.717) is 23.0 Å². The van der Waals surface area contributed by atoms with Crippen molar-refractivity contribution in [3.05, 3.63) is 89.6 Å². The van der Waals surface area contributed by atoms with Gasteiger partial charge in [-0.25, -0.2) is 13.8 Å². The van der Waals surface area contributed by atoms with Crippen LogP contribution in [0.5, 0.6) is 0 Å². The van der Waals surface area contributed by atoms with Crippen molar-refractivity contribution >= 4 is 45.6 Å². The molecule has 0 radical (unpaired) electrons. The van der Waals surface area contributed by atoms with Crippen LogP contribution in [0.4, 0.5) is 26.0 Å². The summed E-state index contributed by atoms with van der Waals surface area (Å²) in [5, 5.41) is 10.0. The van der Waals surface area contributed by atoms with Crippen LogP contribution in [0.2, 0.25) is 0 Å². The van der Waals surface area contributed by atoms with Gasteiger partial charge in [-0.1, -0.05) is 31.2 Å². The van der Waals surface area contributed by atoms with Gasteiger partial charge in [-0.05, 0) is 54.0 Å². The second kappa shape index (κ2) is 9.65. The number of anilines is 3. The van der Waals surface area contributed by atoms with Crippen molar-refractivity contribution in [2.24, 2.45) is 0 Å². The Morgan fingerprint density at radius 2 is 1.59 bits per heavy atom. The molecule has 0 saturated carbocycles. The third kappa shape index (κ3) is 5.33. The molecule has 4 aromatic rings. The number of nitrogens with zero attached hydrogens (tertiary/aromatic N) is 2. The molecule has 0 bridgehead atoms. The average molecular weight is 450 g/mol. The largest absolute Gasteiger partial charge is 0.365 e. The van der Waals surface area contributed by atoms with Crippen molar-refractivity contribution in [2.45, 2.75) is 19.9 Å². The summed E-state index contributed by atoms with van der Waals surface area (Å²) in [6.07, 6.45) is 2.48. The van der Waals surface area contributed by atoms with Crippen LogP contribution in [0, 0.1) is 11.6 Å². The maximum absolute atomic E-state index is 13.5. The predicted octanol–water partition coefficient (Wildman–Crippen LogP) is 5.89. The molecule has 0 spiro atoms. The van der Waals surface area contributed by atoms with Crippen molar-refractivity contribution in [3.63, 3.8) is 0 Å². The third-order valence-electron chi connectivity index (χ3n) is 4.86. The van der Waals surface area contributed by atoms with Crippen LogP contribution in [0.15, 0.2) is 66.9 Å². The molecule has 32 heavy (non-hydrogen) atoms. The smallest absolute Gasteiger partial charge is 0.175 e. The third-order valence-corrected chi connectivity index (χ3v) is 5.07. The Hall–Kier alpha value is -3.65. The Labute approximate surface area is 189 Å². The Kier molecular flexibility index (Phi) is 6.51. The van der Waals surface area contributed by atoms with Crippen LogP contribution >= 0.6 is 12.2 Å². The highest BCUT2D eigenvalue weighted by Crippen LogP contribution is 2.18. The SMILES string of the molecule is CCc1ccc(NC(=S)Nc2cccc(CNc3cnc4cc(F)c(F)cc4n3)c2)cc1. The molecule has 0 fully saturated rings. The van der Waals surface area contributed by atoms with E-state index < -0.39 is 11.6 Å². The van der Waals surface area contributed by atoms with Crippen molar-refractivity contribution in [2.75, 3.05) is 16.0 Å². The predicted molar refractivity (Wildman–Crippen MR) is 129 cm³/mol. The van der Waals surface area contributed by atoms with E-state index in [1.165, 1.54) is 11.8 Å². The molecule has 4 rings (SSSR count). The van der Waals surface area contributed by atoms with Gasteiger partial charge >= 0.3 is 0 Å². The fourth-order valence-corrected chi connectivity index (χ4v) is 3.40. The highest BCUT2D eigenvalue weighted by molar-refractivity contribution is 7.80. The second-order valence-electron chi connectivity index (χ2n) is 7.19. The lowest BCUT2D eigenvalue weighted by Gasteiger charge is -2.12. The van der Waals surface area contributed by atoms with Crippen LogP contribution in [-0.2, 0) is 13.0 Å². The first-order valence-corrected chi connectivity index (χ1v) is 10.5. The summed E-state index contributed by atoms with van der Waals surface area (Å²) < 4.78 is 26.8. The van der Waals surface area contributed by atoms with Gasteiger partial charge in [0.1, 0.15) is 5.82 Å². The first-order chi connectivity index (χ1) is 15.5. The molecule has 162 valence electrons. The number of nitrogens with one attached hydrogen (secondary N) is 3. The fraction of sp³-hybridized carbons (Fsp3) is 0.125. The van der Waals surface area contributed by atoms with E-state index in [1.54, 1.807) is 0 Å². The zero-order valence-corrected chi connectivity index (χ0v) is 18.1. The molecule has 0 saturated heterocycles. The summed E-state index contributed by atoms with van der Waals surface area (Å²) in [7, 11) is 0. The molecule has 0 aliphatic carbocycles. The quantitative estimate of drug-likeness (QED) is 0.319. The van der Waals surface area contributed by atoms with Crippen molar-refractivity contribution in [1.82, 2.24) is 9.97 Å². The zero-order valence-electron chi connectivity index (χ0n) is 17.3. The Balaban J connectivity index is 1.37. The summed E-state index contributed by atoms with van der Waals surface area (Å²) in [5.41, 5.74) is 4.59. The van der Waals surface area contributed by atoms with Gasteiger partial charge in [0.15, 0.2) is 16.7 Å². The molecule has 0 amide bonds. The average Bonchev–Trinajstić information content (AvgIpc) is 2.79. The second-order valence-corrected chi connectivity index (χ2v) is 7.60. The molecule has 0 aliphatic heterocycles. The number of thiocarbonyl (C=S) groups is 1. The van der Waals surface area contributed by atoms with Gasteiger partial charge in [0, 0.05) is 30.1 Å². The van der Waals surface area contributed by atoms with Crippen LogP contribution in [0.3, 0.4) is 0 Å². The highest BCUT2D eigenvalue weighted by atomic mass is 32.1. The molecule has 0 unspecified atom stereocenters. The number of aryl methyl sites for hydroxylation is 1. The number of halogens is 2. The van der Waals surface area contributed by atoms with E-state index in [9.17, 15) is 8.78 Å². The lowest BCUT2D eigenvalue weighted by atomic mass is 10.1. The standard InChI is InChI=1S/C24H21F2N5S/c1-2-15-6-8-17(9-7-15)29-24(32)30-18-5-3-4-16(10-18)13-28-23-14-27-21-11-19(25)20(26)12-22(21)31-23/h3-12,14H,2,13H2,1H3,(H,28,31)(H2,29,30,32). The van der Waals surface area contributed by atoms with Gasteiger partial charge in [-0.3, -0.25) is 4.98 Å². The van der Waals surface area contributed by atoms with Gasteiger partial charge < -0.3 is 16.0 Å². The molecule has 0 atom stereocenters. The normalized spacial score (nSPS) is 10.7. The first-order valence-electron chi connectivity index (χ1n) is 10.1. The van der Waals surface area contributed by atoms with Gasteiger partial charge in [0.2, 0.25) is 0 Å².